The van der Waals surface area contributed by atoms with Crippen LogP contribution >= 0.6 is 0 Å². The number of hydrogen-bond acceptors (Lipinski definition) is 4. The molecule has 1 rings (SSSR count). The average molecular weight is 257 g/mol. The summed E-state index contributed by atoms with van der Waals surface area (Å²) >= 11 is 0. The number of hydrogen-bond donors (Lipinski definition) is 0. The van der Waals surface area contributed by atoms with E-state index >= 15 is 0 Å². The molecule has 0 aromatic heterocycles. The predicted molar refractivity (Wildman–Crippen MR) is 58.9 cm³/mol. The zero-order chi connectivity index (χ0) is 13.7. The Balaban J connectivity index is 3.13. The first-order valence-corrected chi connectivity index (χ1v) is 4.94. The van der Waals surface area contributed by atoms with Crippen LogP contribution in [0.25, 0.3) is 5.83 Å². The highest BCUT2D eigenvalue weighted by atomic mass is 19.2. The number of carbonyl (C=O) groups is 1. The maximum absolute atomic E-state index is 13.5. The number of carbonyl (C=O) groups excluding carboxylic acids is 1. The van der Waals surface area contributed by atoms with Gasteiger partial charge in [0, 0.05) is 17.7 Å². The minimum absolute atomic E-state index is 0.103. The maximum atomic E-state index is 13.5. The summed E-state index contributed by atoms with van der Waals surface area (Å²) in [5.74, 6) is -4.64. The third-order valence-corrected chi connectivity index (χ3v) is 1.96. The van der Waals surface area contributed by atoms with Crippen molar-refractivity contribution in [1.29, 1.82) is 0 Å². The van der Waals surface area contributed by atoms with Gasteiger partial charge in [-0.25, -0.2) is 9.18 Å². The minimum atomic E-state index is -1.71. The molecular weight excluding hydrogens is 248 g/mol. The van der Waals surface area contributed by atoms with E-state index < -0.39 is 33.8 Å². The normalized spacial score (nSPS) is 11.7. The van der Waals surface area contributed by atoms with Crippen LogP contribution in [0.15, 0.2) is 30.1 Å². The molecule has 18 heavy (non-hydrogen) atoms. The molecule has 96 valence electrons. The van der Waals surface area contributed by atoms with Gasteiger partial charge in [-0.05, 0) is 6.92 Å². The molecule has 0 aliphatic heterocycles. The number of ether oxygens (including phenoxy) is 1. The van der Waals surface area contributed by atoms with Gasteiger partial charge in [0.2, 0.25) is 5.83 Å². The number of non-ortho nitro benzene ring substituents is 1. The maximum Gasteiger partial charge on any atom is 0.370 e. The van der Waals surface area contributed by atoms with Gasteiger partial charge < -0.3 is 4.74 Å². The van der Waals surface area contributed by atoms with Crippen LogP contribution in [0.3, 0.4) is 0 Å². The fourth-order valence-electron chi connectivity index (χ4n) is 1.17. The summed E-state index contributed by atoms with van der Waals surface area (Å²) in [4.78, 5) is 20.7. The van der Waals surface area contributed by atoms with Gasteiger partial charge in [-0.2, -0.15) is 4.39 Å². The van der Waals surface area contributed by atoms with Crippen molar-refractivity contribution in [3.63, 3.8) is 0 Å². The van der Waals surface area contributed by atoms with Crippen LogP contribution in [0, 0.1) is 10.1 Å². The highest BCUT2D eigenvalue weighted by molar-refractivity contribution is 5.93. The van der Waals surface area contributed by atoms with E-state index in [9.17, 15) is 23.7 Å². The van der Waals surface area contributed by atoms with Crippen molar-refractivity contribution in [2.24, 2.45) is 0 Å². The summed E-state index contributed by atoms with van der Waals surface area (Å²) in [5, 5.41) is 10.5. The first-order chi connectivity index (χ1) is 8.47. The summed E-state index contributed by atoms with van der Waals surface area (Å²) in [6.45, 7) is 1.34. The highest BCUT2D eigenvalue weighted by Gasteiger charge is 2.19. The van der Waals surface area contributed by atoms with Gasteiger partial charge in [0.15, 0.2) is 5.83 Å². The summed E-state index contributed by atoms with van der Waals surface area (Å²) in [6.07, 6.45) is 0. The van der Waals surface area contributed by atoms with Gasteiger partial charge in [0.1, 0.15) is 0 Å². The third-order valence-electron chi connectivity index (χ3n) is 1.96. The molecule has 0 unspecified atom stereocenters. The molecule has 0 saturated carbocycles. The number of esters is 1. The highest BCUT2D eigenvalue weighted by Crippen LogP contribution is 2.25. The largest absolute Gasteiger partial charge is 0.461 e. The number of benzene rings is 1. The van der Waals surface area contributed by atoms with E-state index in [-0.39, 0.29) is 6.61 Å². The van der Waals surface area contributed by atoms with Gasteiger partial charge in [0.25, 0.3) is 5.69 Å². The second kappa shape index (κ2) is 5.85. The van der Waals surface area contributed by atoms with Gasteiger partial charge in [-0.15, -0.1) is 0 Å². The zero-order valence-electron chi connectivity index (χ0n) is 9.35. The second-order valence-electron chi connectivity index (χ2n) is 3.16. The van der Waals surface area contributed by atoms with Gasteiger partial charge in [-0.1, -0.05) is 12.1 Å². The molecule has 1 aromatic rings. The van der Waals surface area contributed by atoms with Gasteiger partial charge in [0.05, 0.1) is 11.5 Å². The molecule has 0 heterocycles. The number of nitro groups is 1. The van der Waals surface area contributed by atoms with Gasteiger partial charge >= 0.3 is 5.97 Å². The molecule has 0 amide bonds. The quantitative estimate of drug-likeness (QED) is 0.360. The first kappa shape index (κ1) is 13.8. The molecule has 7 heteroatoms. The molecule has 0 atom stereocenters. The van der Waals surface area contributed by atoms with Crippen molar-refractivity contribution in [2.75, 3.05) is 6.61 Å². The number of nitro benzene ring substituents is 1. The molecule has 0 spiro atoms. The Morgan fingerprint density at radius 2 is 2.11 bits per heavy atom. The van der Waals surface area contributed by atoms with Crippen LogP contribution in [0.1, 0.15) is 12.5 Å². The number of rotatable bonds is 4. The number of halogens is 2. The van der Waals surface area contributed by atoms with E-state index in [1.807, 2.05) is 0 Å². The standard InChI is InChI=1S/C11H9F2NO4/c1-2-18-11(15)10(13)9(12)7-4-3-5-8(6-7)14(16)17/h3-6H,2H2,1H3/b10-9-. The topological polar surface area (TPSA) is 69.4 Å². The van der Waals surface area contributed by atoms with Crippen LogP contribution in [0.4, 0.5) is 14.5 Å². The minimum Gasteiger partial charge on any atom is -0.461 e. The van der Waals surface area contributed by atoms with E-state index in [0.717, 1.165) is 18.2 Å². The monoisotopic (exact) mass is 257 g/mol. The summed E-state index contributed by atoms with van der Waals surface area (Å²) in [7, 11) is 0. The smallest absolute Gasteiger partial charge is 0.370 e. The molecule has 0 aliphatic carbocycles. The van der Waals surface area contributed by atoms with Crippen LogP contribution in [-0.4, -0.2) is 17.5 Å². The van der Waals surface area contributed by atoms with Crippen LogP contribution in [-0.2, 0) is 9.53 Å². The van der Waals surface area contributed by atoms with Crippen molar-refractivity contribution in [3.05, 3.63) is 45.8 Å². The van der Waals surface area contributed by atoms with E-state index in [0.29, 0.717) is 0 Å². The molecule has 0 radical (unpaired) electrons. The van der Waals surface area contributed by atoms with Crippen molar-refractivity contribution in [1.82, 2.24) is 0 Å². The Morgan fingerprint density at radius 1 is 1.44 bits per heavy atom. The van der Waals surface area contributed by atoms with E-state index in [1.54, 1.807) is 0 Å². The van der Waals surface area contributed by atoms with Crippen LogP contribution in [0.5, 0.6) is 0 Å². The van der Waals surface area contributed by atoms with E-state index in [2.05, 4.69) is 4.74 Å². The molecule has 5 nitrogen and oxygen atoms in total. The van der Waals surface area contributed by atoms with Crippen molar-refractivity contribution in [2.45, 2.75) is 6.92 Å². The molecular formula is C11H9F2NO4. The lowest BCUT2D eigenvalue weighted by atomic mass is 10.1. The Morgan fingerprint density at radius 3 is 2.67 bits per heavy atom. The second-order valence-corrected chi connectivity index (χ2v) is 3.16. The Labute approximate surface area is 101 Å². The molecule has 0 aliphatic rings. The zero-order valence-corrected chi connectivity index (χ0v) is 9.35. The fourth-order valence-corrected chi connectivity index (χ4v) is 1.17. The lowest BCUT2D eigenvalue weighted by Crippen LogP contribution is -2.05. The Kier molecular flexibility index (Phi) is 4.47. The summed E-state index contributed by atoms with van der Waals surface area (Å²) in [6, 6.07) is 4.25. The SMILES string of the molecule is CCOC(=O)/C(F)=C(/F)c1cccc([N+](=O)[O-])c1. The van der Waals surface area contributed by atoms with Crippen LogP contribution in [0.2, 0.25) is 0 Å². The molecule has 0 fully saturated rings. The Hall–Kier alpha value is -2.31. The molecule has 1 aromatic carbocycles. The fraction of sp³-hybridized carbons (Fsp3) is 0.182. The first-order valence-electron chi connectivity index (χ1n) is 4.94. The lowest BCUT2D eigenvalue weighted by molar-refractivity contribution is -0.384. The van der Waals surface area contributed by atoms with E-state index in [4.69, 9.17) is 0 Å². The van der Waals surface area contributed by atoms with Crippen LogP contribution < -0.4 is 0 Å². The lowest BCUT2D eigenvalue weighted by Gasteiger charge is -2.01. The summed E-state index contributed by atoms with van der Waals surface area (Å²) in [5.41, 5.74) is -0.797. The van der Waals surface area contributed by atoms with E-state index in [1.165, 1.54) is 13.0 Å². The van der Waals surface area contributed by atoms with Gasteiger partial charge in [-0.3, -0.25) is 10.1 Å². The summed E-state index contributed by atoms with van der Waals surface area (Å²) < 4.78 is 31.1. The number of nitrogens with zero attached hydrogens (tertiary/aromatic N) is 1. The average Bonchev–Trinajstić information content (AvgIpc) is 2.37. The molecule has 0 N–H and O–H groups in total. The van der Waals surface area contributed by atoms with Crippen molar-refractivity contribution < 1.29 is 23.2 Å². The molecule has 0 bridgehead atoms. The third kappa shape index (κ3) is 3.09. The Bertz CT molecular complexity index is 514. The van der Waals surface area contributed by atoms with Crippen molar-refractivity contribution in [3.8, 4) is 0 Å². The van der Waals surface area contributed by atoms with Crippen molar-refractivity contribution >= 4 is 17.5 Å². The predicted octanol–water partition coefficient (Wildman–Crippen LogP) is 2.77. The molecule has 0 saturated heterocycles.